The van der Waals surface area contributed by atoms with Crippen LogP contribution in [0.1, 0.15) is 54.6 Å². The second kappa shape index (κ2) is 9.01. The summed E-state index contributed by atoms with van der Waals surface area (Å²) in [7, 11) is 0. The summed E-state index contributed by atoms with van der Waals surface area (Å²) >= 11 is 1.42. The number of nitrogens with two attached hydrogens (primary N) is 1. The van der Waals surface area contributed by atoms with E-state index in [1.165, 1.54) is 11.3 Å². The fourth-order valence-electron chi connectivity index (χ4n) is 1.42. The highest BCUT2D eigenvalue weighted by Crippen LogP contribution is 2.15. The number of amides is 1. The first-order chi connectivity index (χ1) is 9.15. The van der Waals surface area contributed by atoms with Crippen LogP contribution >= 0.6 is 11.3 Å². The summed E-state index contributed by atoms with van der Waals surface area (Å²) < 4.78 is 5.42. The molecule has 1 heterocycles. The van der Waals surface area contributed by atoms with E-state index in [4.69, 9.17) is 10.5 Å². The van der Waals surface area contributed by atoms with E-state index in [0.29, 0.717) is 18.8 Å². The molecule has 108 valence electrons. The van der Waals surface area contributed by atoms with Crippen molar-refractivity contribution in [2.45, 2.75) is 39.2 Å². The minimum absolute atomic E-state index is 0.126. The molecule has 1 unspecified atom stereocenters. The maximum absolute atomic E-state index is 11.8. The van der Waals surface area contributed by atoms with E-state index >= 15 is 0 Å². The highest BCUT2D eigenvalue weighted by molar-refractivity contribution is 7.09. The maximum Gasteiger partial charge on any atom is 0.270 e. The van der Waals surface area contributed by atoms with Gasteiger partial charge in [0.05, 0.1) is 6.04 Å². The smallest absolute Gasteiger partial charge is 0.270 e. The monoisotopic (exact) mass is 285 g/mol. The molecule has 0 aromatic carbocycles. The molecule has 1 rings (SSSR count). The van der Waals surface area contributed by atoms with Gasteiger partial charge in [-0.2, -0.15) is 0 Å². The quantitative estimate of drug-likeness (QED) is 0.681. The molecule has 1 atom stereocenters. The fraction of sp³-hybridized carbons (Fsp3) is 0.692. The van der Waals surface area contributed by atoms with E-state index in [1.807, 2.05) is 6.92 Å². The lowest BCUT2D eigenvalue weighted by atomic mass is 10.3. The minimum atomic E-state index is -0.142. The predicted molar refractivity (Wildman–Crippen MR) is 77.4 cm³/mol. The molecule has 0 fully saturated rings. The summed E-state index contributed by atoms with van der Waals surface area (Å²) in [5.41, 5.74) is 6.15. The van der Waals surface area contributed by atoms with Crippen molar-refractivity contribution in [3.05, 3.63) is 16.1 Å². The Morgan fingerprint density at radius 2 is 2.26 bits per heavy atom. The van der Waals surface area contributed by atoms with Gasteiger partial charge in [0.15, 0.2) is 0 Å². The van der Waals surface area contributed by atoms with Crippen LogP contribution in [0.25, 0.3) is 0 Å². The number of unbranched alkanes of at least 4 members (excludes halogenated alkanes) is 1. The van der Waals surface area contributed by atoms with Crippen molar-refractivity contribution >= 4 is 17.2 Å². The molecule has 0 radical (unpaired) electrons. The molecular formula is C13H23N3O2S. The lowest BCUT2D eigenvalue weighted by molar-refractivity contribution is 0.0936. The molecule has 1 aromatic rings. The average molecular weight is 285 g/mol. The summed E-state index contributed by atoms with van der Waals surface area (Å²) in [6.45, 7) is 6.08. The van der Waals surface area contributed by atoms with E-state index in [1.54, 1.807) is 5.38 Å². The summed E-state index contributed by atoms with van der Waals surface area (Å²) in [6, 6.07) is -0.126. The Kier molecular flexibility index (Phi) is 7.62. The van der Waals surface area contributed by atoms with Crippen molar-refractivity contribution in [1.82, 2.24) is 10.3 Å². The van der Waals surface area contributed by atoms with Crippen LogP contribution in [0, 0.1) is 0 Å². The van der Waals surface area contributed by atoms with Gasteiger partial charge in [0, 0.05) is 25.1 Å². The Balaban J connectivity index is 2.16. The van der Waals surface area contributed by atoms with Crippen LogP contribution in [-0.4, -0.2) is 30.6 Å². The molecule has 0 spiro atoms. The Morgan fingerprint density at radius 3 is 2.89 bits per heavy atom. The number of nitrogens with zero attached hydrogens (tertiary/aromatic N) is 1. The number of rotatable bonds is 9. The van der Waals surface area contributed by atoms with Crippen LogP contribution < -0.4 is 11.1 Å². The first kappa shape index (κ1) is 16.1. The highest BCUT2D eigenvalue weighted by atomic mass is 32.1. The summed E-state index contributed by atoms with van der Waals surface area (Å²) in [6.07, 6.45) is 3.05. The Morgan fingerprint density at radius 1 is 1.53 bits per heavy atom. The van der Waals surface area contributed by atoms with Crippen molar-refractivity contribution in [2.24, 2.45) is 5.73 Å². The number of hydrogen-bond donors (Lipinski definition) is 2. The largest absolute Gasteiger partial charge is 0.381 e. The minimum Gasteiger partial charge on any atom is -0.381 e. The number of carbonyl (C=O) groups is 1. The second-order valence-corrected chi connectivity index (χ2v) is 5.32. The van der Waals surface area contributed by atoms with Crippen LogP contribution in [-0.2, 0) is 4.74 Å². The molecule has 0 saturated heterocycles. The van der Waals surface area contributed by atoms with Gasteiger partial charge in [-0.25, -0.2) is 4.98 Å². The van der Waals surface area contributed by atoms with Gasteiger partial charge in [-0.3, -0.25) is 4.79 Å². The van der Waals surface area contributed by atoms with Crippen LogP contribution in [0.15, 0.2) is 5.38 Å². The predicted octanol–water partition coefficient (Wildman–Crippen LogP) is 2.10. The third kappa shape index (κ3) is 6.13. The maximum atomic E-state index is 11.8. The average Bonchev–Trinajstić information content (AvgIpc) is 2.87. The number of thiazole rings is 1. The molecule has 0 saturated carbocycles. The Labute approximate surface area is 118 Å². The van der Waals surface area contributed by atoms with E-state index < -0.39 is 0 Å². The van der Waals surface area contributed by atoms with E-state index in [9.17, 15) is 4.79 Å². The zero-order valence-electron chi connectivity index (χ0n) is 11.6. The molecule has 3 N–H and O–H groups in total. The number of aromatic nitrogens is 1. The van der Waals surface area contributed by atoms with Gasteiger partial charge in [0.2, 0.25) is 0 Å². The third-order valence-corrected chi connectivity index (χ3v) is 3.58. The lowest BCUT2D eigenvalue weighted by Crippen LogP contribution is -2.25. The van der Waals surface area contributed by atoms with Crippen molar-refractivity contribution in [3.63, 3.8) is 0 Å². The Hall–Kier alpha value is -0.980. The third-order valence-electron chi connectivity index (χ3n) is 2.54. The molecule has 1 amide bonds. The molecule has 5 nitrogen and oxygen atoms in total. The summed E-state index contributed by atoms with van der Waals surface area (Å²) in [4.78, 5) is 16.0. The van der Waals surface area contributed by atoms with Crippen LogP contribution in [0.2, 0.25) is 0 Å². The summed E-state index contributed by atoms with van der Waals surface area (Å²) in [5.74, 6) is -0.142. The highest BCUT2D eigenvalue weighted by Gasteiger charge is 2.11. The van der Waals surface area contributed by atoms with Crippen LogP contribution in [0.4, 0.5) is 0 Å². The number of nitrogens with one attached hydrogen (secondary N) is 1. The zero-order chi connectivity index (χ0) is 14.1. The topological polar surface area (TPSA) is 77.2 Å². The molecule has 19 heavy (non-hydrogen) atoms. The molecule has 1 aromatic heterocycles. The molecule has 0 bridgehead atoms. The molecule has 6 heteroatoms. The summed E-state index contributed by atoms with van der Waals surface area (Å²) in [5, 5.41) is 5.35. The number of carbonyl (C=O) groups excluding carboxylic acids is 1. The van der Waals surface area contributed by atoms with Crippen molar-refractivity contribution in [1.29, 1.82) is 0 Å². The molecule has 0 aliphatic carbocycles. The number of ether oxygens (including phenoxy) is 1. The van der Waals surface area contributed by atoms with Crippen LogP contribution in [0.5, 0.6) is 0 Å². The fourth-order valence-corrected chi connectivity index (χ4v) is 2.17. The first-order valence-corrected chi connectivity index (χ1v) is 7.60. The van der Waals surface area contributed by atoms with Gasteiger partial charge in [0.1, 0.15) is 10.7 Å². The zero-order valence-corrected chi connectivity index (χ0v) is 12.5. The SMILES string of the molecule is CCCCOCCCNC(=O)c1csc(C(C)N)n1. The second-order valence-electron chi connectivity index (χ2n) is 4.44. The van der Waals surface area contributed by atoms with Crippen molar-refractivity contribution in [2.75, 3.05) is 19.8 Å². The standard InChI is InChI=1S/C13H23N3O2S/c1-3-4-7-18-8-5-6-15-12(17)11-9-19-13(16-11)10(2)14/h9-10H,3-8,14H2,1-2H3,(H,15,17). The van der Waals surface area contributed by atoms with E-state index in [2.05, 4.69) is 17.2 Å². The number of hydrogen-bond acceptors (Lipinski definition) is 5. The van der Waals surface area contributed by atoms with Crippen LogP contribution in [0.3, 0.4) is 0 Å². The lowest BCUT2D eigenvalue weighted by Gasteiger charge is -2.04. The van der Waals surface area contributed by atoms with Gasteiger partial charge in [-0.05, 0) is 19.8 Å². The van der Waals surface area contributed by atoms with Gasteiger partial charge in [0.25, 0.3) is 5.91 Å². The van der Waals surface area contributed by atoms with Crippen molar-refractivity contribution < 1.29 is 9.53 Å². The van der Waals surface area contributed by atoms with Crippen molar-refractivity contribution in [3.8, 4) is 0 Å². The van der Waals surface area contributed by atoms with E-state index in [-0.39, 0.29) is 11.9 Å². The van der Waals surface area contributed by atoms with Gasteiger partial charge < -0.3 is 15.8 Å². The first-order valence-electron chi connectivity index (χ1n) is 6.72. The molecular weight excluding hydrogens is 262 g/mol. The Bertz CT molecular complexity index is 380. The van der Waals surface area contributed by atoms with Gasteiger partial charge in [-0.15, -0.1) is 11.3 Å². The molecule has 0 aliphatic heterocycles. The van der Waals surface area contributed by atoms with Gasteiger partial charge in [-0.1, -0.05) is 13.3 Å². The molecule has 0 aliphatic rings. The normalized spacial score (nSPS) is 12.4. The van der Waals surface area contributed by atoms with Gasteiger partial charge >= 0.3 is 0 Å². The van der Waals surface area contributed by atoms with E-state index in [0.717, 1.165) is 30.9 Å².